The lowest BCUT2D eigenvalue weighted by molar-refractivity contribution is 0.312. The Morgan fingerprint density at radius 2 is 1.66 bits per heavy atom. The first-order chi connectivity index (χ1) is 16.8. The highest BCUT2D eigenvalue weighted by Gasteiger charge is 2.19. The van der Waals surface area contributed by atoms with Gasteiger partial charge in [-0.05, 0) is 58.0 Å². The number of aryl methyl sites for hydroxylation is 4. The summed E-state index contributed by atoms with van der Waals surface area (Å²) in [5, 5.41) is 18.8. The number of rotatable bonds is 4. The van der Waals surface area contributed by atoms with Gasteiger partial charge in [0.05, 0.1) is 11.7 Å². The van der Waals surface area contributed by atoms with Gasteiger partial charge in [0.1, 0.15) is 29.1 Å². The lowest BCUT2D eigenvalue weighted by atomic mass is 10.0. The molecular weight excluding hydrogens is 438 g/mol. The van der Waals surface area contributed by atoms with Crippen LogP contribution in [0.1, 0.15) is 28.1 Å². The molecule has 0 bridgehead atoms. The van der Waals surface area contributed by atoms with Gasteiger partial charge in [0, 0.05) is 37.6 Å². The highest BCUT2D eigenvalue weighted by Crippen LogP contribution is 2.28. The Morgan fingerprint density at radius 1 is 0.886 bits per heavy atom. The summed E-state index contributed by atoms with van der Waals surface area (Å²) in [4.78, 5) is 18.7. The molecule has 4 heterocycles. The highest BCUT2D eigenvalue weighted by atomic mass is 15.4. The molecule has 178 valence electrons. The van der Waals surface area contributed by atoms with Crippen LogP contribution in [0.4, 0.5) is 17.5 Å². The maximum atomic E-state index is 9.79. The van der Waals surface area contributed by atoms with Gasteiger partial charge in [0.15, 0.2) is 11.6 Å². The average Bonchev–Trinajstić information content (AvgIpc) is 3.22. The van der Waals surface area contributed by atoms with E-state index in [1.54, 1.807) is 10.9 Å². The van der Waals surface area contributed by atoms with Gasteiger partial charge in [-0.3, -0.25) is 0 Å². The van der Waals surface area contributed by atoms with E-state index in [-0.39, 0.29) is 0 Å². The molecule has 0 aliphatic carbocycles. The van der Waals surface area contributed by atoms with Gasteiger partial charge in [0.2, 0.25) is 0 Å². The van der Waals surface area contributed by atoms with Gasteiger partial charge in [-0.15, -0.1) is 0 Å². The van der Waals surface area contributed by atoms with Crippen molar-refractivity contribution in [3.63, 3.8) is 0 Å². The van der Waals surface area contributed by atoms with Crippen molar-refractivity contribution < 1.29 is 0 Å². The summed E-state index contributed by atoms with van der Waals surface area (Å²) in [5.41, 5.74) is 4.77. The SMILES string of the molecule is Cc1cc(C)c2nc(-n3ncc(C#N)c3Nc3cc(N4CCN(C)CC4)nc(C)n3)cc(C)c2c1. The van der Waals surface area contributed by atoms with Crippen molar-refractivity contribution in [3.05, 3.63) is 58.5 Å². The Kier molecular flexibility index (Phi) is 5.83. The minimum absolute atomic E-state index is 0.419. The van der Waals surface area contributed by atoms with E-state index in [0.29, 0.717) is 28.8 Å². The molecular formula is C26H29N9. The van der Waals surface area contributed by atoms with Crippen LogP contribution >= 0.6 is 0 Å². The first-order valence-corrected chi connectivity index (χ1v) is 11.8. The molecule has 0 atom stereocenters. The fraction of sp³-hybridized carbons (Fsp3) is 0.346. The number of nitriles is 1. The van der Waals surface area contributed by atoms with Crippen LogP contribution in [-0.4, -0.2) is 62.9 Å². The monoisotopic (exact) mass is 467 g/mol. The summed E-state index contributed by atoms with van der Waals surface area (Å²) in [6, 6.07) is 10.5. The highest BCUT2D eigenvalue weighted by molar-refractivity contribution is 5.86. The molecule has 3 aromatic heterocycles. The first kappa shape index (κ1) is 22.7. The summed E-state index contributed by atoms with van der Waals surface area (Å²) < 4.78 is 1.68. The Hall–Kier alpha value is -4.03. The Bertz CT molecular complexity index is 1460. The van der Waals surface area contributed by atoms with Crippen molar-refractivity contribution in [1.82, 2.24) is 29.6 Å². The molecule has 0 amide bonds. The molecule has 35 heavy (non-hydrogen) atoms. The standard InChI is InChI=1S/C26H29N9/c1-16-10-18(3)25-21(11-16)17(2)12-24(32-25)35-26(20(14-27)15-28-35)31-22-13-23(30-19(4)29-22)34-8-6-33(5)7-9-34/h10-13,15H,6-9H2,1-5H3,(H,29,30,31). The van der Waals surface area contributed by atoms with Crippen LogP contribution in [0.15, 0.2) is 30.5 Å². The fourth-order valence-electron chi connectivity index (χ4n) is 4.59. The van der Waals surface area contributed by atoms with E-state index in [2.05, 4.69) is 76.2 Å². The second kappa shape index (κ2) is 8.96. The third-order valence-corrected chi connectivity index (χ3v) is 6.45. The molecule has 1 aliphatic heterocycles. The largest absolute Gasteiger partial charge is 0.354 e. The summed E-state index contributed by atoms with van der Waals surface area (Å²) in [5.74, 6) is 3.35. The number of piperazine rings is 1. The average molecular weight is 468 g/mol. The molecule has 0 saturated carbocycles. The summed E-state index contributed by atoms with van der Waals surface area (Å²) >= 11 is 0. The second-order valence-electron chi connectivity index (χ2n) is 9.28. The molecule has 0 unspecified atom stereocenters. The van der Waals surface area contributed by atoms with Gasteiger partial charge < -0.3 is 15.1 Å². The molecule has 1 saturated heterocycles. The minimum atomic E-state index is 0.419. The van der Waals surface area contributed by atoms with Crippen molar-refractivity contribution in [2.24, 2.45) is 0 Å². The van der Waals surface area contributed by atoms with E-state index < -0.39 is 0 Å². The number of hydrogen-bond donors (Lipinski definition) is 1. The van der Waals surface area contributed by atoms with Crippen LogP contribution in [0.5, 0.6) is 0 Å². The van der Waals surface area contributed by atoms with Crippen LogP contribution in [0.2, 0.25) is 0 Å². The third kappa shape index (κ3) is 4.40. The normalized spacial score (nSPS) is 14.3. The predicted molar refractivity (Wildman–Crippen MR) is 138 cm³/mol. The smallest absolute Gasteiger partial charge is 0.156 e. The Balaban J connectivity index is 1.55. The van der Waals surface area contributed by atoms with Gasteiger partial charge in [-0.1, -0.05) is 11.6 Å². The van der Waals surface area contributed by atoms with E-state index in [0.717, 1.165) is 54.0 Å². The lowest BCUT2D eigenvalue weighted by Gasteiger charge is -2.33. The predicted octanol–water partition coefficient (Wildman–Crippen LogP) is 3.81. The molecule has 0 spiro atoms. The summed E-state index contributed by atoms with van der Waals surface area (Å²) in [7, 11) is 2.13. The maximum absolute atomic E-state index is 9.79. The molecule has 1 aromatic carbocycles. The van der Waals surface area contributed by atoms with Crippen LogP contribution in [0.25, 0.3) is 16.7 Å². The van der Waals surface area contributed by atoms with Gasteiger partial charge in [-0.25, -0.2) is 15.0 Å². The summed E-state index contributed by atoms with van der Waals surface area (Å²) in [6.07, 6.45) is 1.56. The van der Waals surface area contributed by atoms with Crippen LogP contribution in [0.3, 0.4) is 0 Å². The van der Waals surface area contributed by atoms with Gasteiger partial charge in [-0.2, -0.15) is 15.0 Å². The van der Waals surface area contributed by atoms with Crippen molar-refractivity contribution in [2.75, 3.05) is 43.4 Å². The van der Waals surface area contributed by atoms with E-state index in [1.165, 1.54) is 5.56 Å². The molecule has 1 fully saturated rings. The zero-order chi connectivity index (χ0) is 24.7. The maximum Gasteiger partial charge on any atom is 0.156 e. The minimum Gasteiger partial charge on any atom is -0.354 e. The lowest BCUT2D eigenvalue weighted by Crippen LogP contribution is -2.44. The number of pyridine rings is 1. The van der Waals surface area contributed by atoms with Gasteiger partial charge >= 0.3 is 0 Å². The number of nitrogens with one attached hydrogen (secondary N) is 1. The zero-order valence-electron chi connectivity index (χ0n) is 20.8. The number of aromatic nitrogens is 5. The Labute approximate surface area is 205 Å². The van der Waals surface area contributed by atoms with E-state index in [1.807, 2.05) is 19.1 Å². The number of anilines is 3. The molecule has 4 aromatic rings. The van der Waals surface area contributed by atoms with Crippen LogP contribution in [-0.2, 0) is 0 Å². The fourth-order valence-corrected chi connectivity index (χ4v) is 4.59. The third-order valence-electron chi connectivity index (χ3n) is 6.45. The van der Waals surface area contributed by atoms with Crippen molar-refractivity contribution in [1.29, 1.82) is 5.26 Å². The second-order valence-corrected chi connectivity index (χ2v) is 9.28. The first-order valence-electron chi connectivity index (χ1n) is 11.8. The molecule has 9 heteroatoms. The zero-order valence-corrected chi connectivity index (χ0v) is 20.8. The van der Waals surface area contributed by atoms with Crippen LogP contribution in [0, 0.1) is 39.0 Å². The van der Waals surface area contributed by atoms with E-state index >= 15 is 0 Å². The topological polar surface area (TPSA) is 98.8 Å². The number of likely N-dealkylation sites (N-methyl/N-ethyl adjacent to an activating group) is 1. The molecule has 0 radical (unpaired) electrons. The number of nitrogens with zero attached hydrogens (tertiary/aromatic N) is 8. The molecule has 5 rings (SSSR count). The Morgan fingerprint density at radius 3 is 2.40 bits per heavy atom. The molecule has 1 aliphatic rings. The number of fused-ring (bicyclic) bond motifs is 1. The number of benzene rings is 1. The molecule has 9 nitrogen and oxygen atoms in total. The van der Waals surface area contributed by atoms with Gasteiger partial charge in [0.25, 0.3) is 0 Å². The quantitative estimate of drug-likeness (QED) is 0.484. The van der Waals surface area contributed by atoms with Crippen molar-refractivity contribution in [2.45, 2.75) is 27.7 Å². The van der Waals surface area contributed by atoms with Crippen LogP contribution < -0.4 is 10.2 Å². The molecule has 1 N–H and O–H groups in total. The summed E-state index contributed by atoms with van der Waals surface area (Å²) in [6.45, 7) is 11.9. The van der Waals surface area contributed by atoms with E-state index in [4.69, 9.17) is 4.98 Å². The van der Waals surface area contributed by atoms with Crippen molar-refractivity contribution in [3.8, 4) is 11.9 Å². The van der Waals surface area contributed by atoms with Crippen molar-refractivity contribution >= 4 is 28.4 Å². The number of hydrogen-bond acceptors (Lipinski definition) is 8. The van der Waals surface area contributed by atoms with E-state index in [9.17, 15) is 5.26 Å².